The second-order valence-electron chi connectivity index (χ2n) is 5.49. The van der Waals surface area contributed by atoms with Crippen molar-refractivity contribution in [1.29, 1.82) is 0 Å². The van der Waals surface area contributed by atoms with Crippen molar-refractivity contribution in [1.82, 2.24) is 5.32 Å². The molecule has 0 aliphatic rings. The molecule has 7 heteroatoms. The van der Waals surface area contributed by atoms with Gasteiger partial charge in [-0.25, -0.2) is 0 Å². The van der Waals surface area contributed by atoms with E-state index in [4.69, 9.17) is 4.74 Å². The van der Waals surface area contributed by atoms with Gasteiger partial charge in [0.25, 0.3) is 11.8 Å². The smallest absolute Gasteiger partial charge is 0.308 e. The third kappa shape index (κ3) is 5.72. The molecule has 1 heterocycles. The van der Waals surface area contributed by atoms with Crippen molar-refractivity contribution in [2.45, 2.75) is 20.3 Å². The van der Waals surface area contributed by atoms with Crippen LogP contribution in [0.2, 0.25) is 0 Å². The highest BCUT2D eigenvalue weighted by Gasteiger charge is 2.11. The van der Waals surface area contributed by atoms with Crippen molar-refractivity contribution in [3.63, 3.8) is 0 Å². The largest absolute Gasteiger partial charge is 0.456 e. The van der Waals surface area contributed by atoms with E-state index in [1.165, 1.54) is 11.3 Å². The maximum absolute atomic E-state index is 11.9. The van der Waals surface area contributed by atoms with Gasteiger partial charge in [0.2, 0.25) is 0 Å². The first-order chi connectivity index (χ1) is 12.0. The van der Waals surface area contributed by atoms with E-state index in [-0.39, 0.29) is 25.5 Å². The molecular weight excluding hydrogens is 340 g/mol. The Morgan fingerprint density at radius 3 is 2.48 bits per heavy atom. The zero-order valence-electron chi connectivity index (χ0n) is 14.1. The van der Waals surface area contributed by atoms with Crippen LogP contribution in [0.15, 0.2) is 35.0 Å². The van der Waals surface area contributed by atoms with Crippen LogP contribution in [-0.4, -0.2) is 30.9 Å². The topological polar surface area (TPSA) is 84.5 Å². The van der Waals surface area contributed by atoms with Crippen molar-refractivity contribution in [2.75, 3.05) is 18.5 Å². The predicted octanol–water partition coefficient (Wildman–Crippen LogP) is 2.67. The Balaban J connectivity index is 1.69. The van der Waals surface area contributed by atoms with Crippen molar-refractivity contribution in [3.05, 3.63) is 51.7 Å². The number of benzene rings is 1. The highest BCUT2D eigenvalue weighted by atomic mass is 32.1. The summed E-state index contributed by atoms with van der Waals surface area (Å²) in [5, 5.41) is 8.90. The van der Waals surface area contributed by atoms with Crippen LogP contribution in [0.4, 0.5) is 5.69 Å². The van der Waals surface area contributed by atoms with E-state index in [1.807, 2.05) is 32.0 Å². The first kappa shape index (κ1) is 18.7. The minimum atomic E-state index is -0.540. The van der Waals surface area contributed by atoms with E-state index in [1.54, 1.807) is 16.8 Å². The number of aryl methyl sites for hydroxylation is 2. The van der Waals surface area contributed by atoms with Gasteiger partial charge in [-0.05, 0) is 36.4 Å². The molecule has 2 N–H and O–H groups in total. The van der Waals surface area contributed by atoms with Crippen LogP contribution in [-0.2, 0) is 14.3 Å². The molecular formula is C18H20N2O4S. The second kappa shape index (κ2) is 8.98. The van der Waals surface area contributed by atoms with E-state index in [2.05, 4.69) is 10.6 Å². The number of carbonyl (C=O) groups is 3. The summed E-state index contributed by atoms with van der Waals surface area (Å²) in [4.78, 5) is 35.3. The van der Waals surface area contributed by atoms with Gasteiger partial charge in [0.05, 0.1) is 6.42 Å². The fourth-order valence-corrected chi connectivity index (χ4v) is 2.82. The number of thiophene rings is 1. The third-order valence-electron chi connectivity index (χ3n) is 3.51. The molecule has 0 atom stereocenters. The molecule has 2 amide bonds. The predicted molar refractivity (Wildman–Crippen MR) is 96.8 cm³/mol. The fraction of sp³-hybridized carbons (Fsp3) is 0.278. The molecule has 0 fully saturated rings. The van der Waals surface area contributed by atoms with Gasteiger partial charge < -0.3 is 15.4 Å². The summed E-state index contributed by atoms with van der Waals surface area (Å²) >= 11 is 1.42. The SMILES string of the molecule is Cc1cccc(C)c1NC(=O)COC(=O)CCNC(=O)c1ccsc1. The summed E-state index contributed by atoms with van der Waals surface area (Å²) in [7, 11) is 0. The number of esters is 1. The first-order valence-electron chi connectivity index (χ1n) is 7.79. The van der Waals surface area contributed by atoms with Gasteiger partial charge in [0.1, 0.15) is 0 Å². The average Bonchev–Trinajstić information content (AvgIpc) is 3.11. The Morgan fingerprint density at radius 1 is 1.12 bits per heavy atom. The van der Waals surface area contributed by atoms with Crippen molar-refractivity contribution < 1.29 is 19.1 Å². The molecule has 0 bridgehead atoms. The molecule has 0 radical (unpaired) electrons. The number of nitrogens with one attached hydrogen (secondary N) is 2. The van der Waals surface area contributed by atoms with Crippen LogP contribution >= 0.6 is 11.3 Å². The Morgan fingerprint density at radius 2 is 1.84 bits per heavy atom. The van der Waals surface area contributed by atoms with Gasteiger partial charge in [-0.2, -0.15) is 11.3 Å². The number of para-hydroxylation sites is 1. The van der Waals surface area contributed by atoms with Crippen LogP contribution in [0.5, 0.6) is 0 Å². The lowest BCUT2D eigenvalue weighted by molar-refractivity contribution is -0.147. The van der Waals surface area contributed by atoms with Crippen LogP contribution < -0.4 is 10.6 Å². The molecule has 0 saturated carbocycles. The third-order valence-corrected chi connectivity index (χ3v) is 4.19. The van der Waals surface area contributed by atoms with E-state index in [0.29, 0.717) is 5.56 Å². The normalized spacial score (nSPS) is 10.2. The van der Waals surface area contributed by atoms with E-state index in [0.717, 1.165) is 16.8 Å². The lowest BCUT2D eigenvalue weighted by Crippen LogP contribution is -2.27. The minimum absolute atomic E-state index is 0.00650. The summed E-state index contributed by atoms with van der Waals surface area (Å²) in [5.74, 6) is -1.17. The van der Waals surface area contributed by atoms with Crippen LogP contribution in [0.1, 0.15) is 27.9 Å². The Hall–Kier alpha value is -2.67. The average molecular weight is 360 g/mol. The number of rotatable bonds is 7. The molecule has 1 aromatic heterocycles. The van der Waals surface area contributed by atoms with Crippen LogP contribution in [0, 0.1) is 13.8 Å². The summed E-state index contributed by atoms with van der Waals surface area (Å²) in [5.41, 5.74) is 3.17. The number of ether oxygens (including phenoxy) is 1. The van der Waals surface area contributed by atoms with Gasteiger partial charge in [-0.1, -0.05) is 18.2 Å². The van der Waals surface area contributed by atoms with Gasteiger partial charge >= 0.3 is 5.97 Å². The number of amides is 2. The number of hydrogen-bond donors (Lipinski definition) is 2. The van der Waals surface area contributed by atoms with E-state index in [9.17, 15) is 14.4 Å². The highest BCUT2D eigenvalue weighted by Crippen LogP contribution is 2.19. The summed E-state index contributed by atoms with van der Waals surface area (Å²) in [6.07, 6.45) is 0.00650. The fourth-order valence-electron chi connectivity index (χ4n) is 2.18. The number of anilines is 1. The van der Waals surface area contributed by atoms with E-state index < -0.39 is 11.9 Å². The maximum atomic E-state index is 11.9. The molecule has 0 unspecified atom stereocenters. The summed E-state index contributed by atoms with van der Waals surface area (Å²) in [6, 6.07) is 7.40. The first-order valence-corrected chi connectivity index (χ1v) is 8.73. The van der Waals surface area contributed by atoms with Gasteiger partial charge in [0, 0.05) is 23.2 Å². The maximum Gasteiger partial charge on any atom is 0.308 e. The molecule has 1 aromatic carbocycles. The van der Waals surface area contributed by atoms with Crippen LogP contribution in [0.25, 0.3) is 0 Å². The quantitative estimate of drug-likeness (QED) is 0.744. The monoisotopic (exact) mass is 360 g/mol. The summed E-state index contributed by atoms with van der Waals surface area (Å²) < 4.78 is 4.93. The standard InChI is InChI=1S/C18H20N2O4S/c1-12-4-3-5-13(2)17(12)20-15(21)10-24-16(22)6-8-19-18(23)14-7-9-25-11-14/h3-5,7,9,11H,6,8,10H2,1-2H3,(H,19,23)(H,20,21). The van der Waals surface area contributed by atoms with Crippen LogP contribution in [0.3, 0.4) is 0 Å². The number of hydrogen-bond acceptors (Lipinski definition) is 5. The molecule has 2 aromatic rings. The van der Waals surface area contributed by atoms with Gasteiger partial charge in [-0.15, -0.1) is 0 Å². The second-order valence-corrected chi connectivity index (χ2v) is 6.27. The van der Waals surface area contributed by atoms with E-state index >= 15 is 0 Å². The molecule has 0 saturated heterocycles. The van der Waals surface area contributed by atoms with Gasteiger partial charge in [0.15, 0.2) is 6.61 Å². The molecule has 25 heavy (non-hydrogen) atoms. The lowest BCUT2D eigenvalue weighted by Gasteiger charge is -2.11. The Bertz CT molecular complexity index is 736. The van der Waals surface area contributed by atoms with Gasteiger partial charge in [-0.3, -0.25) is 14.4 Å². The highest BCUT2D eigenvalue weighted by molar-refractivity contribution is 7.08. The lowest BCUT2D eigenvalue weighted by atomic mass is 10.1. The molecule has 0 aliphatic carbocycles. The Labute approximate surface area is 150 Å². The molecule has 0 aliphatic heterocycles. The van der Waals surface area contributed by atoms with Crippen molar-refractivity contribution in [3.8, 4) is 0 Å². The summed E-state index contributed by atoms with van der Waals surface area (Å²) in [6.45, 7) is 3.59. The molecule has 0 spiro atoms. The van der Waals surface area contributed by atoms with Crippen molar-refractivity contribution >= 4 is 34.8 Å². The zero-order chi connectivity index (χ0) is 18.2. The molecule has 6 nitrogen and oxygen atoms in total. The molecule has 132 valence electrons. The Kier molecular flexibility index (Phi) is 6.71. The van der Waals surface area contributed by atoms with Crippen molar-refractivity contribution in [2.24, 2.45) is 0 Å². The molecule has 2 rings (SSSR count). The zero-order valence-corrected chi connectivity index (χ0v) is 14.9. The number of carbonyl (C=O) groups excluding carboxylic acids is 3. The minimum Gasteiger partial charge on any atom is -0.456 e.